The quantitative estimate of drug-likeness (QED) is 0.235. The maximum absolute atomic E-state index is 13.4. The monoisotopic (exact) mass is 550 g/mol. The fourth-order valence-electron chi connectivity index (χ4n) is 3.43. The molecule has 0 unspecified atom stereocenters. The molecule has 3 rings (SSSR count). The van der Waals surface area contributed by atoms with Crippen LogP contribution in [0.15, 0.2) is 77.8 Å². The summed E-state index contributed by atoms with van der Waals surface area (Å²) in [5, 5.41) is 0.422. The molecule has 0 fully saturated rings. The summed E-state index contributed by atoms with van der Waals surface area (Å²) in [5.74, 6) is -1.24. The molecule has 0 spiro atoms. The Bertz CT molecular complexity index is 1360. The second-order valence-electron chi connectivity index (χ2n) is 8.11. The van der Waals surface area contributed by atoms with E-state index in [0.717, 1.165) is 0 Å². The molecule has 2 aromatic carbocycles. The highest BCUT2D eigenvalue weighted by Crippen LogP contribution is 2.22. The molecule has 0 aliphatic heterocycles. The number of carbonyl (C=O) groups excluding carboxylic acids is 1. The van der Waals surface area contributed by atoms with Crippen LogP contribution in [0.2, 0.25) is 5.02 Å². The number of sulfonamides is 1. The third kappa shape index (κ3) is 7.94. The largest absolute Gasteiger partial charge is 0.385 e. The summed E-state index contributed by atoms with van der Waals surface area (Å²) in [6, 6.07) is 17.4. The van der Waals surface area contributed by atoms with E-state index >= 15 is 0 Å². The third-order valence-electron chi connectivity index (χ3n) is 5.31. The van der Waals surface area contributed by atoms with Gasteiger partial charge in [0.15, 0.2) is 15.6 Å². The van der Waals surface area contributed by atoms with Crippen molar-refractivity contribution >= 4 is 37.2 Å². The molecule has 0 bridgehead atoms. The van der Waals surface area contributed by atoms with Gasteiger partial charge in [-0.1, -0.05) is 41.9 Å². The van der Waals surface area contributed by atoms with Gasteiger partial charge in [-0.15, -0.1) is 0 Å². The Kier molecular flexibility index (Phi) is 9.75. The maximum Gasteiger partial charge on any atom is 0.243 e. The number of ether oxygens (including phenoxy) is 1. The number of benzene rings is 2. The number of hydrogen-bond donors (Lipinski definition) is 0. The molecule has 11 heteroatoms. The second-order valence-corrected chi connectivity index (χ2v) is 12.7. The van der Waals surface area contributed by atoms with Crippen molar-refractivity contribution in [1.82, 2.24) is 9.29 Å². The van der Waals surface area contributed by atoms with Gasteiger partial charge >= 0.3 is 0 Å². The number of hydrogen-bond acceptors (Lipinski definition) is 7. The highest BCUT2D eigenvalue weighted by Gasteiger charge is 2.26. The number of rotatable bonds is 13. The van der Waals surface area contributed by atoms with Crippen molar-refractivity contribution in [2.24, 2.45) is 0 Å². The molecular weight excluding hydrogens is 524 g/mol. The minimum Gasteiger partial charge on any atom is -0.385 e. The first-order valence-electron chi connectivity index (χ1n) is 11.1. The smallest absolute Gasteiger partial charge is 0.243 e. The molecule has 0 aliphatic rings. The Balaban J connectivity index is 1.79. The zero-order chi connectivity index (χ0) is 26.2. The average Bonchev–Trinajstić information content (AvgIpc) is 2.85. The highest BCUT2D eigenvalue weighted by atomic mass is 35.5. The number of halogens is 1. The molecule has 8 nitrogen and oxygen atoms in total. The molecule has 1 aromatic heterocycles. The molecule has 0 amide bonds. The van der Waals surface area contributed by atoms with Gasteiger partial charge in [0, 0.05) is 37.0 Å². The van der Waals surface area contributed by atoms with Crippen LogP contribution in [0, 0.1) is 0 Å². The van der Waals surface area contributed by atoms with E-state index in [1.807, 2.05) is 0 Å². The molecule has 36 heavy (non-hydrogen) atoms. The first kappa shape index (κ1) is 27.9. The summed E-state index contributed by atoms with van der Waals surface area (Å²) in [4.78, 5) is 16.8. The number of nitrogens with zero attached hydrogens (tertiary/aromatic N) is 2. The van der Waals surface area contributed by atoms with Crippen LogP contribution in [0.5, 0.6) is 0 Å². The third-order valence-corrected chi connectivity index (χ3v) is 8.98. The standard InChI is InChI=1S/C25H27ClN2O6S2/c1-34-15-4-16-35(30,31)19-25(29)21-8-6-20(7-9-21)17-28(18-23-5-2-3-14-27-23)36(32,33)24-12-10-22(26)11-13-24/h2-3,5-14H,4,15-19H2,1H3. The average molecular weight is 551 g/mol. The van der Waals surface area contributed by atoms with Crippen molar-refractivity contribution in [2.45, 2.75) is 24.4 Å². The highest BCUT2D eigenvalue weighted by molar-refractivity contribution is 7.92. The lowest BCUT2D eigenvalue weighted by Crippen LogP contribution is -2.30. The lowest BCUT2D eigenvalue weighted by Gasteiger charge is -2.22. The molecule has 3 aromatic rings. The van der Waals surface area contributed by atoms with Crippen LogP contribution >= 0.6 is 11.6 Å². The van der Waals surface area contributed by atoms with E-state index in [2.05, 4.69) is 4.98 Å². The SMILES string of the molecule is COCCCS(=O)(=O)CC(=O)c1ccc(CN(Cc2ccccn2)S(=O)(=O)c2ccc(Cl)cc2)cc1. The molecular formula is C25H27ClN2O6S2. The molecule has 1 heterocycles. The van der Waals surface area contributed by atoms with Crippen LogP contribution in [-0.2, 0) is 37.7 Å². The first-order valence-corrected chi connectivity index (χ1v) is 14.7. The van der Waals surface area contributed by atoms with E-state index in [9.17, 15) is 21.6 Å². The van der Waals surface area contributed by atoms with E-state index in [4.69, 9.17) is 16.3 Å². The van der Waals surface area contributed by atoms with E-state index < -0.39 is 31.4 Å². The van der Waals surface area contributed by atoms with Gasteiger partial charge in [0.05, 0.1) is 22.9 Å². The predicted octanol–water partition coefficient (Wildman–Crippen LogP) is 3.76. The van der Waals surface area contributed by atoms with Crippen LogP contribution in [0.1, 0.15) is 28.0 Å². The number of Topliss-reactive ketones (excluding diaryl/α,β-unsaturated/α-hetero) is 1. The molecule has 0 radical (unpaired) electrons. The maximum atomic E-state index is 13.4. The van der Waals surface area contributed by atoms with Gasteiger partial charge in [-0.3, -0.25) is 9.78 Å². The lowest BCUT2D eigenvalue weighted by molar-refractivity contribution is 0.102. The van der Waals surface area contributed by atoms with Crippen molar-refractivity contribution in [3.05, 3.63) is 94.8 Å². The Labute approximate surface area is 216 Å². The van der Waals surface area contributed by atoms with Crippen molar-refractivity contribution in [3.8, 4) is 0 Å². The Morgan fingerprint density at radius 2 is 1.64 bits per heavy atom. The van der Waals surface area contributed by atoms with Crippen molar-refractivity contribution in [2.75, 3.05) is 25.2 Å². The normalized spacial score (nSPS) is 12.1. The second kappa shape index (κ2) is 12.6. The molecule has 0 atom stereocenters. The zero-order valence-corrected chi connectivity index (χ0v) is 22.1. The van der Waals surface area contributed by atoms with Crippen LogP contribution in [0.3, 0.4) is 0 Å². The molecule has 0 N–H and O–H groups in total. The zero-order valence-electron chi connectivity index (χ0n) is 19.7. The molecule has 0 saturated carbocycles. The number of carbonyl (C=O) groups is 1. The number of methoxy groups -OCH3 is 1. The fourth-order valence-corrected chi connectivity index (χ4v) is 6.23. The Morgan fingerprint density at radius 1 is 0.944 bits per heavy atom. The lowest BCUT2D eigenvalue weighted by atomic mass is 10.1. The van der Waals surface area contributed by atoms with E-state index in [1.54, 1.807) is 36.5 Å². The number of sulfone groups is 1. The minimum atomic E-state index is -3.90. The van der Waals surface area contributed by atoms with Gasteiger partial charge in [0.25, 0.3) is 0 Å². The first-order chi connectivity index (χ1) is 17.1. The summed E-state index contributed by atoms with van der Waals surface area (Å²) in [5.41, 5.74) is 1.44. The van der Waals surface area contributed by atoms with E-state index in [0.29, 0.717) is 29.3 Å². The summed E-state index contributed by atoms with van der Waals surface area (Å²) >= 11 is 5.92. The van der Waals surface area contributed by atoms with Crippen molar-refractivity contribution in [3.63, 3.8) is 0 Å². The summed E-state index contributed by atoms with van der Waals surface area (Å²) < 4.78 is 57.3. The molecule has 192 valence electrons. The van der Waals surface area contributed by atoms with E-state index in [1.165, 1.54) is 47.8 Å². The molecule has 0 aliphatic carbocycles. The van der Waals surface area contributed by atoms with Crippen molar-refractivity contribution in [1.29, 1.82) is 0 Å². The van der Waals surface area contributed by atoms with Crippen LogP contribution in [-0.4, -0.2) is 57.1 Å². The predicted molar refractivity (Wildman–Crippen MR) is 138 cm³/mol. The van der Waals surface area contributed by atoms with Crippen molar-refractivity contribution < 1.29 is 26.4 Å². The molecule has 0 saturated heterocycles. The Hall–Kier alpha value is -2.63. The number of pyridine rings is 1. The van der Waals surface area contributed by atoms with Gasteiger partial charge < -0.3 is 4.74 Å². The van der Waals surface area contributed by atoms with Gasteiger partial charge in [0.2, 0.25) is 10.0 Å². The number of aromatic nitrogens is 1. The minimum absolute atomic E-state index is 0.0192. The number of ketones is 1. The topological polar surface area (TPSA) is 111 Å². The van der Waals surface area contributed by atoms with Crippen LogP contribution in [0.4, 0.5) is 0 Å². The van der Waals surface area contributed by atoms with Gasteiger partial charge in [-0.2, -0.15) is 4.31 Å². The van der Waals surface area contributed by atoms with Crippen LogP contribution < -0.4 is 0 Å². The fraction of sp³-hybridized carbons (Fsp3) is 0.280. The van der Waals surface area contributed by atoms with Gasteiger partial charge in [0.1, 0.15) is 5.75 Å². The summed E-state index contributed by atoms with van der Waals surface area (Å²) in [6.45, 7) is 0.355. The Morgan fingerprint density at radius 3 is 2.25 bits per heavy atom. The van der Waals surface area contributed by atoms with Crippen LogP contribution in [0.25, 0.3) is 0 Å². The summed E-state index contributed by atoms with van der Waals surface area (Å²) in [7, 11) is -5.97. The van der Waals surface area contributed by atoms with E-state index in [-0.39, 0.29) is 29.3 Å². The summed E-state index contributed by atoms with van der Waals surface area (Å²) in [6.07, 6.45) is 1.91. The van der Waals surface area contributed by atoms with Gasteiger partial charge in [-0.05, 0) is 48.4 Å². The van der Waals surface area contributed by atoms with Gasteiger partial charge in [-0.25, -0.2) is 16.8 Å².